The summed E-state index contributed by atoms with van der Waals surface area (Å²) < 4.78 is 35.5. The second-order valence-electron chi connectivity index (χ2n) is 5.52. The molecule has 0 aliphatic heterocycles. The van der Waals surface area contributed by atoms with Crippen LogP contribution in [0.3, 0.4) is 0 Å². The Balaban J connectivity index is 0.000000649. The molecule has 0 saturated heterocycles. The smallest absolute Gasteiger partial charge is 0.320 e. The van der Waals surface area contributed by atoms with Crippen molar-refractivity contribution >= 4 is 56.4 Å². The molecule has 0 aromatic heterocycles. The molecule has 0 atom stereocenters. The molecule has 0 aliphatic carbocycles. The SMILES string of the molecule is CCOC(=O)CN(CCCl)CCCl.O=[N+]([O-])c1cc([N+](=O)[O-])c(S(=O)(=O)O)c([N+](=O)[O-])c1. The molecule has 0 spiro atoms. The summed E-state index contributed by atoms with van der Waals surface area (Å²) in [6.45, 7) is 3.78. The Morgan fingerprint density at radius 1 is 1.03 bits per heavy atom. The molecule has 18 heteroatoms. The van der Waals surface area contributed by atoms with E-state index in [1.165, 1.54) is 0 Å². The van der Waals surface area contributed by atoms with Gasteiger partial charge in [-0.05, 0) is 6.92 Å². The number of rotatable bonds is 11. The molecule has 15 nitrogen and oxygen atoms in total. The molecule has 0 aliphatic rings. The molecule has 1 aromatic rings. The largest absolute Gasteiger partial charge is 0.465 e. The average molecular weight is 521 g/mol. The number of carbonyl (C=O) groups is 1. The number of benzene rings is 1. The molecule has 0 amide bonds. The lowest BCUT2D eigenvalue weighted by atomic mass is 10.2. The second kappa shape index (κ2) is 13.7. The maximum atomic E-state index is 11.1. The lowest BCUT2D eigenvalue weighted by molar-refractivity contribution is -0.407. The van der Waals surface area contributed by atoms with Gasteiger partial charge < -0.3 is 4.74 Å². The molecule has 0 radical (unpaired) electrons. The number of nitrogens with zero attached hydrogens (tertiary/aromatic N) is 4. The Kier molecular flexibility index (Phi) is 12.5. The van der Waals surface area contributed by atoms with Gasteiger partial charge in [-0.3, -0.25) is 44.6 Å². The number of hydrogen-bond acceptors (Lipinski definition) is 11. The topological polar surface area (TPSA) is 213 Å². The van der Waals surface area contributed by atoms with E-state index in [2.05, 4.69) is 0 Å². The van der Waals surface area contributed by atoms with Gasteiger partial charge in [-0.2, -0.15) is 8.42 Å². The summed E-state index contributed by atoms with van der Waals surface area (Å²) in [6.07, 6.45) is 0. The first kappa shape index (κ1) is 29.3. The van der Waals surface area contributed by atoms with Gasteiger partial charge in [0.05, 0.1) is 40.1 Å². The maximum Gasteiger partial charge on any atom is 0.320 e. The predicted octanol–water partition coefficient (Wildman–Crippen LogP) is 1.99. The van der Waals surface area contributed by atoms with Gasteiger partial charge in [0.25, 0.3) is 5.69 Å². The van der Waals surface area contributed by atoms with E-state index in [1.54, 1.807) is 6.92 Å². The number of halogens is 2. The lowest BCUT2D eigenvalue weighted by Crippen LogP contribution is -2.34. The highest BCUT2D eigenvalue weighted by Gasteiger charge is 2.37. The fraction of sp³-hybridized carbons (Fsp3) is 0.500. The standard InChI is InChI=1S/C8H15Cl2NO2.C6H3N3O9S/c1-2-13-8(12)7-11(5-3-9)6-4-10;10-7(11)3-1-4(8(12)13)6(19(16,17)18)5(2-3)9(14)15/h2-7H2,1H3;1-2H,(H,16,17,18). The molecule has 0 bridgehead atoms. The van der Waals surface area contributed by atoms with Gasteiger partial charge in [0, 0.05) is 24.8 Å². The molecule has 180 valence electrons. The van der Waals surface area contributed by atoms with Crippen LogP contribution in [0.2, 0.25) is 0 Å². The minimum absolute atomic E-state index is 0.204. The van der Waals surface area contributed by atoms with Gasteiger partial charge in [0.15, 0.2) is 0 Å². The van der Waals surface area contributed by atoms with Gasteiger partial charge in [-0.25, -0.2) is 0 Å². The number of carbonyl (C=O) groups excluding carboxylic acids is 1. The summed E-state index contributed by atoms with van der Waals surface area (Å²) in [6, 6.07) is 0.409. The van der Waals surface area contributed by atoms with E-state index in [9.17, 15) is 43.6 Å². The highest BCUT2D eigenvalue weighted by molar-refractivity contribution is 7.86. The maximum absolute atomic E-state index is 11.1. The van der Waals surface area contributed by atoms with Crippen LogP contribution in [0.15, 0.2) is 17.0 Å². The number of alkyl halides is 2. The highest BCUT2D eigenvalue weighted by atomic mass is 35.5. The fourth-order valence-electron chi connectivity index (χ4n) is 2.12. The van der Waals surface area contributed by atoms with E-state index in [0.29, 0.717) is 31.5 Å². The van der Waals surface area contributed by atoms with Crippen LogP contribution >= 0.6 is 23.2 Å². The summed E-state index contributed by atoms with van der Waals surface area (Å²) >= 11 is 11.1. The van der Waals surface area contributed by atoms with Crippen LogP contribution in [-0.2, 0) is 19.6 Å². The van der Waals surface area contributed by atoms with Crippen molar-refractivity contribution in [1.82, 2.24) is 4.90 Å². The van der Waals surface area contributed by atoms with Gasteiger partial charge in [0.1, 0.15) is 0 Å². The summed E-state index contributed by atoms with van der Waals surface area (Å²) in [5.41, 5.74) is -3.96. The van der Waals surface area contributed by atoms with Crippen molar-refractivity contribution in [2.75, 3.05) is 38.0 Å². The molecule has 32 heavy (non-hydrogen) atoms. The highest BCUT2D eigenvalue weighted by Crippen LogP contribution is 2.36. The number of ether oxygens (including phenoxy) is 1. The first-order valence-corrected chi connectivity index (χ1v) is 10.9. The van der Waals surface area contributed by atoms with Crippen molar-refractivity contribution in [2.24, 2.45) is 0 Å². The molecule has 0 fully saturated rings. The van der Waals surface area contributed by atoms with Crippen LogP contribution in [0.25, 0.3) is 0 Å². The number of nitro groups is 3. The molecule has 1 rings (SSSR count). The van der Waals surface area contributed by atoms with Gasteiger partial charge in [-0.15, -0.1) is 23.2 Å². The van der Waals surface area contributed by atoms with Crippen LogP contribution < -0.4 is 0 Å². The zero-order chi connectivity index (χ0) is 25.1. The van der Waals surface area contributed by atoms with Crippen LogP contribution in [0.1, 0.15) is 6.92 Å². The van der Waals surface area contributed by atoms with Crippen molar-refractivity contribution < 1.29 is 37.3 Å². The van der Waals surface area contributed by atoms with Crippen molar-refractivity contribution in [3.63, 3.8) is 0 Å². The van der Waals surface area contributed by atoms with E-state index in [-0.39, 0.29) is 24.6 Å². The minimum atomic E-state index is -5.30. The zero-order valence-electron chi connectivity index (χ0n) is 16.4. The Morgan fingerprint density at radius 3 is 1.75 bits per heavy atom. The van der Waals surface area contributed by atoms with E-state index >= 15 is 0 Å². The summed E-state index contributed by atoms with van der Waals surface area (Å²) in [5, 5.41) is 31.7. The van der Waals surface area contributed by atoms with E-state index < -0.39 is 46.8 Å². The fourth-order valence-corrected chi connectivity index (χ4v) is 3.40. The van der Waals surface area contributed by atoms with Crippen LogP contribution in [0, 0.1) is 30.3 Å². The average Bonchev–Trinajstić information content (AvgIpc) is 2.67. The first-order valence-electron chi connectivity index (χ1n) is 8.38. The molecular weight excluding hydrogens is 503 g/mol. The Hall–Kier alpha value is -2.66. The normalized spacial score (nSPS) is 10.8. The third kappa shape index (κ3) is 9.65. The van der Waals surface area contributed by atoms with Gasteiger partial charge in [0.2, 0.25) is 4.90 Å². The Bertz CT molecular complexity index is 917. The van der Waals surface area contributed by atoms with Gasteiger partial charge in [-0.1, -0.05) is 0 Å². The quantitative estimate of drug-likeness (QED) is 0.145. The minimum Gasteiger partial charge on any atom is -0.465 e. The number of esters is 1. The second-order valence-corrected chi connectivity index (χ2v) is 7.63. The molecule has 0 heterocycles. The molecular formula is C14H18Cl2N4O11S. The summed E-state index contributed by atoms with van der Waals surface area (Å²) in [5.74, 6) is 0.768. The Labute approximate surface area is 191 Å². The zero-order valence-corrected chi connectivity index (χ0v) is 18.7. The van der Waals surface area contributed by atoms with Crippen molar-refractivity contribution in [3.05, 3.63) is 42.5 Å². The number of hydrogen-bond donors (Lipinski definition) is 1. The molecule has 0 saturated carbocycles. The van der Waals surface area contributed by atoms with E-state index in [0.717, 1.165) is 0 Å². The predicted molar refractivity (Wildman–Crippen MR) is 111 cm³/mol. The van der Waals surface area contributed by atoms with E-state index in [1.807, 2.05) is 4.90 Å². The molecule has 1 aromatic carbocycles. The molecule has 0 unspecified atom stereocenters. The monoisotopic (exact) mass is 520 g/mol. The third-order valence-electron chi connectivity index (χ3n) is 3.36. The van der Waals surface area contributed by atoms with Crippen LogP contribution in [0.4, 0.5) is 17.1 Å². The number of nitro benzene ring substituents is 3. The summed E-state index contributed by atoms with van der Waals surface area (Å²) in [7, 11) is -5.30. The van der Waals surface area contributed by atoms with Crippen molar-refractivity contribution in [1.29, 1.82) is 0 Å². The van der Waals surface area contributed by atoms with Gasteiger partial charge >= 0.3 is 27.5 Å². The van der Waals surface area contributed by atoms with Crippen molar-refractivity contribution in [2.45, 2.75) is 11.8 Å². The third-order valence-corrected chi connectivity index (χ3v) is 4.63. The van der Waals surface area contributed by atoms with Crippen LogP contribution in [0.5, 0.6) is 0 Å². The van der Waals surface area contributed by atoms with Crippen molar-refractivity contribution in [3.8, 4) is 0 Å². The van der Waals surface area contributed by atoms with E-state index in [4.69, 9.17) is 32.5 Å². The Morgan fingerprint density at radius 2 is 1.47 bits per heavy atom. The lowest BCUT2D eigenvalue weighted by Gasteiger charge is -2.18. The first-order chi connectivity index (χ1) is 14.8. The number of non-ortho nitro benzene ring substituents is 1. The van der Waals surface area contributed by atoms with Crippen LogP contribution in [-0.4, -0.2) is 76.6 Å². The molecule has 1 N–H and O–H groups in total. The summed E-state index contributed by atoms with van der Waals surface area (Å²) in [4.78, 5) is 39.0.